The fourth-order valence-electron chi connectivity index (χ4n) is 3.74. The molecule has 3 heterocycles. The Bertz CT molecular complexity index is 858. The lowest BCUT2D eigenvalue weighted by Crippen LogP contribution is -2.45. The van der Waals surface area contributed by atoms with Crippen LogP contribution in [0.2, 0.25) is 0 Å². The highest BCUT2D eigenvalue weighted by atomic mass is 16.5. The molecule has 146 valence electrons. The van der Waals surface area contributed by atoms with Gasteiger partial charge in [-0.3, -0.25) is 19.5 Å². The first-order chi connectivity index (χ1) is 13.8. The number of pyridine rings is 1. The Hall–Kier alpha value is -2.70. The predicted octanol–water partition coefficient (Wildman–Crippen LogP) is 2.65. The van der Waals surface area contributed by atoms with Crippen LogP contribution in [0, 0.1) is 0 Å². The summed E-state index contributed by atoms with van der Waals surface area (Å²) in [5, 5.41) is 4.32. The van der Waals surface area contributed by atoms with E-state index in [1.165, 1.54) is 16.7 Å². The summed E-state index contributed by atoms with van der Waals surface area (Å²) >= 11 is 0. The van der Waals surface area contributed by atoms with Gasteiger partial charge in [-0.2, -0.15) is 5.10 Å². The normalized spacial score (nSPS) is 15.6. The molecule has 0 saturated carbocycles. The zero-order valence-corrected chi connectivity index (χ0v) is 16.4. The van der Waals surface area contributed by atoms with E-state index < -0.39 is 0 Å². The number of benzene rings is 1. The summed E-state index contributed by atoms with van der Waals surface area (Å²) in [5.74, 6) is 0.917. The summed E-state index contributed by atoms with van der Waals surface area (Å²) in [6, 6.07) is 12.6. The Morgan fingerprint density at radius 1 is 0.893 bits per heavy atom. The lowest BCUT2D eigenvalue weighted by Gasteiger charge is -2.34. The monoisotopic (exact) mass is 377 g/mol. The number of aromatic nitrogens is 3. The first kappa shape index (κ1) is 18.7. The van der Waals surface area contributed by atoms with Crippen LogP contribution in [0.4, 0.5) is 0 Å². The number of methoxy groups -OCH3 is 1. The first-order valence-electron chi connectivity index (χ1n) is 9.77. The molecule has 0 spiro atoms. The molecule has 1 aliphatic heterocycles. The highest BCUT2D eigenvalue weighted by molar-refractivity contribution is 5.37. The second kappa shape index (κ2) is 8.99. The lowest BCUT2D eigenvalue weighted by atomic mass is 10.1. The van der Waals surface area contributed by atoms with E-state index in [1.807, 2.05) is 35.4 Å². The van der Waals surface area contributed by atoms with Crippen LogP contribution >= 0.6 is 0 Å². The minimum atomic E-state index is 0.725. The van der Waals surface area contributed by atoms with E-state index in [1.54, 1.807) is 13.3 Å². The van der Waals surface area contributed by atoms with E-state index in [9.17, 15) is 0 Å². The highest BCUT2D eigenvalue weighted by Crippen LogP contribution is 2.22. The van der Waals surface area contributed by atoms with Crippen molar-refractivity contribution in [2.24, 2.45) is 0 Å². The molecule has 0 radical (unpaired) electrons. The van der Waals surface area contributed by atoms with Crippen LogP contribution in [0.1, 0.15) is 16.7 Å². The fraction of sp³-hybridized carbons (Fsp3) is 0.364. The summed E-state index contributed by atoms with van der Waals surface area (Å²) in [7, 11) is 1.73. The summed E-state index contributed by atoms with van der Waals surface area (Å²) in [6.07, 6.45) is 7.58. The molecule has 6 heteroatoms. The molecule has 0 atom stereocenters. The maximum atomic E-state index is 5.54. The van der Waals surface area contributed by atoms with Gasteiger partial charge < -0.3 is 4.74 Å². The van der Waals surface area contributed by atoms with E-state index in [0.717, 1.165) is 51.6 Å². The van der Waals surface area contributed by atoms with Crippen molar-refractivity contribution in [1.29, 1.82) is 0 Å². The first-order valence-corrected chi connectivity index (χ1v) is 9.77. The van der Waals surface area contributed by atoms with Crippen molar-refractivity contribution in [1.82, 2.24) is 24.6 Å². The second-order valence-corrected chi connectivity index (χ2v) is 7.26. The van der Waals surface area contributed by atoms with Gasteiger partial charge in [0.25, 0.3) is 0 Å². The second-order valence-electron chi connectivity index (χ2n) is 7.26. The Morgan fingerprint density at radius 3 is 2.32 bits per heavy atom. The zero-order valence-electron chi connectivity index (χ0n) is 16.4. The predicted molar refractivity (Wildman–Crippen MR) is 109 cm³/mol. The average molecular weight is 377 g/mol. The van der Waals surface area contributed by atoms with Gasteiger partial charge in [0, 0.05) is 69.6 Å². The Labute approximate surface area is 166 Å². The highest BCUT2D eigenvalue weighted by Gasteiger charge is 2.17. The number of piperazine rings is 1. The zero-order chi connectivity index (χ0) is 19.2. The molecule has 2 aromatic heterocycles. The number of rotatable bonds is 7. The molecular weight excluding hydrogens is 350 g/mol. The molecule has 1 saturated heterocycles. The topological polar surface area (TPSA) is 46.4 Å². The quantitative estimate of drug-likeness (QED) is 0.633. The van der Waals surface area contributed by atoms with Crippen molar-refractivity contribution in [3.63, 3.8) is 0 Å². The van der Waals surface area contributed by atoms with Crippen LogP contribution in [-0.2, 0) is 19.6 Å². The molecule has 1 aliphatic rings. The van der Waals surface area contributed by atoms with Gasteiger partial charge in [-0.1, -0.05) is 12.1 Å². The molecular formula is C22H27N5O. The van der Waals surface area contributed by atoms with Gasteiger partial charge >= 0.3 is 0 Å². The molecule has 0 bridgehead atoms. The molecule has 1 fully saturated rings. The minimum absolute atomic E-state index is 0.725. The van der Waals surface area contributed by atoms with Crippen molar-refractivity contribution in [3.8, 4) is 5.75 Å². The number of nitrogens with zero attached hydrogens (tertiary/aromatic N) is 5. The summed E-state index contributed by atoms with van der Waals surface area (Å²) in [4.78, 5) is 9.25. The number of ether oxygens (including phenoxy) is 1. The van der Waals surface area contributed by atoms with Gasteiger partial charge in [0.15, 0.2) is 0 Å². The molecule has 6 nitrogen and oxygen atoms in total. The third kappa shape index (κ3) is 4.77. The van der Waals surface area contributed by atoms with Crippen LogP contribution < -0.4 is 4.74 Å². The molecule has 0 aliphatic carbocycles. The van der Waals surface area contributed by atoms with Crippen LogP contribution in [0.15, 0.2) is 61.2 Å². The fourth-order valence-corrected chi connectivity index (χ4v) is 3.74. The maximum Gasteiger partial charge on any atom is 0.123 e. The molecule has 3 aromatic rings. The van der Waals surface area contributed by atoms with Crippen molar-refractivity contribution >= 4 is 0 Å². The Kier molecular flexibility index (Phi) is 5.99. The Morgan fingerprint density at radius 2 is 1.68 bits per heavy atom. The van der Waals surface area contributed by atoms with Crippen molar-refractivity contribution in [2.45, 2.75) is 19.6 Å². The molecule has 4 rings (SSSR count). The maximum absolute atomic E-state index is 5.54. The summed E-state index contributed by atoms with van der Waals surface area (Å²) in [6.45, 7) is 7.02. The third-order valence-corrected chi connectivity index (χ3v) is 5.24. The standard InChI is InChI=1S/C22H27N5O/c1-28-22-6-5-19(14-21(22)18-27-9-3-8-24-27)16-25-10-12-26(13-11-25)17-20-4-2-7-23-15-20/h2-9,14-15H,10-13,16-18H2,1H3. The van der Waals surface area contributed by atoms with Crippen LogP contribution in [0.5, 0.6) is 5.75 Å². The number of hydrogen-bond acceptors (Lipinski definition) is 5. The third-order valence-electron chi connectivity index (χ3n) is 5.24. The molecule has 28 heavy (non-hydrogen) atoms. The lowest BCUT2D eigenvalue weighted by molar-refractivity contribution is 0.122. The molecule has 0 amide bonds. The van der Waals surface area contributed by atoms with Crippen LogP contribution in [0.3, 0.4) is 0 Å². The van der Waals surface area contributed by atoms with Gasteiger partial charge in [0.05, 0.1) is 13.7 Å². The van der Waals surface area contributed by atoms with Gasteiger partial charge in [-0.25, -0.2) is 0 Å². The molecule has 0 N–H and O–H groups in total. The van der Waals surface area contributed by atoms with Crippen molar-refractivity contribution in [3.05, 3.63) is 77.9 Å². The minimum Gasteiger partial charge on any atom is -0.496 e. The SMILES string of the molecule is COc1ccc(CN2CCN(Cc3cccnc3)CC2)cc1Cn1cccn1. The summed E-state index contributed by atoms with van der Waals surface area (Å²) < 4.78 is 7.47. The van der Waals surface area contributed by atoms with Gasteiger partial charge in [-0.15, -0.1) is 0 Å². The Balaban J connectivity index is 1.34. The average Bonchev–Trinajstić information content (AvgIpc) is 3.24. The molecule has 0 unspecified atom stereocenters. The van der Waals surface area contributed by atoms with E-state index in [2.05, 4.69) is 44.1 Å². The van der Waals surface area contributed by atoms with Gasteiger partial charge in [0.2, 0.25) is 0 Å². The smallest absolute Gasteiger partial charge is 0.123 e. The van der Waals surface area contributed by atoms with Crippen LogP contribution in [0.25, 0.3) is 0 Å². The van der Waals surface area contributed by atoms with Gasteiger partial charge in [-0.05, 0) is 35.4 Å². The molecule has 1 aromatic carbocycles. The largest absolute Gasteiger partial charge is 0.496 e. The van der Waals surface area contributed by atoms with E-state index >= 15 is 0 Å². The van der Waals surface area contributed by atoms with Crippen LogP contribution in [-0.4, -0.2) is 57.9 Å². The van der Waals surface area contributed by atoms with E-state index in [4.69, 9.17) is 4.74 Å². The van der Waals surface area contributed by atoms with E-state index in [0.29, 0.717) is 0 Å². The number of hydrogen-bond donors (Lipinski definition) is 0. The van der Waals surface area contributed by atoms with Gasteiger partial charge in [0.1, 0.15) is 5.75 Å². The van der Waals surface area contributed by atoms with E-state index in [-0.39, 0.29) is 0 Å². The van der Waals surface area contributed by atoms with Crippen molar-refractivity contribution < 1.29 is 4.74 Å². The summed E-state index contributed by atoms with van der Waals surface area (Å²) in [5.41, 5.74) is 3.77. The van der Waals surface area contributed by atoms with Crippen molar-refractivity contribution in [2.75, 3.05) is 33.3 Å².